The third-order valence-corrected chi connectivity index (χ3v) is 2.69. The van der Waals surface area contributed by atoms with E-state index < -0.39 is 5.54 Å². The van der Waals surface area contributed by atoms with Crippen LogP contribution >= 0.6 is 0 Å². The van der Waals surface area contributed by atoms with Crippen LogP contribution in [-0.4, -0.2) is 17.1 Å². The molecule has 1 aromatic carbocycles. The van der Waals surface area contributed by atoms with E-state index in [9.17, 15) is 9.59 Å². The van der Waals surface area contributed by atoms with Crippen LogP contribution in [0.4, 0.5) is 5.69 Å². The van der Waals surface area contributed by atoms with Crippen molar-refractivity contribution < 1.29 is 9.59 Å². The molecule has 0 radical (unpaired) electrons. The molecule has 0 fully saturated rings. The molecule has 3 heteroatoms. The fraction of sp³-hybridized carbons (Fsp3) is 0.333. The largest absolute Gasteiger partial charge is 0.372 e. The predicted molar refractivity (Wildman–Crippen MR) is 58.1 cm³/mol. The summed E-state index contributed by atoms with van der Waals surface area (Å²) in [6, 6.07) is 7.35. The molecule has 0 amide bonds. The fourth-order valence-corrected chi connectivity index (χ4v) is 2.06. The van der Waals surface area contributed by atoms with Gasteiger partial charge in [0.15, 0.2) is 5.78 Å². The Balaban J connectivity index is 2.38. The van der Waals surface area contributed by atoms with Crippen molar-refractivity contribution in [1.29, 1.82) is 0 Å². The summed E-state index contributed by atoms with van der Waals surface area (Å²) in [7, 11) is 0. The maximum Gasteiger partial charge on any atom is 0.190 e. The number of carbonyl (C=O) groups is 2. The van der Waals surface area contributed by atoms with E-state index in [1.807, 2.05) is 18.2 Å². The molecule has 0 aliphatic carbocycles. The van der Waals surface area contributed by atoms with Crippen LogP contribution in [0.15, 0.2) is 24.3 Å². The van der Waals surface area contributed by atoms with Gasteiger partial charge in [0.1, 0.15) is 11.3 Å². The highest BCUT2D eigenvalue weighted by Crippen LogP contribution is 2.33. The Labute approximate surface area is 88.5 Å². The van der Waals surface area contributed by atoms with Crippen molar-refractivity contribution in [2.24, 2.45) is 0 Å². The Morgan fingerprint density at radius 2 is 2.07 bits per heavy atom. The first kappa shape index (κ1) is 9.90. The lowest BCUT2D eigenvalue weighted by atomic mass is 9.91. The molecule has 3 nitrogen and oxygen atoms in total. The predicted octanol–water partition coefficient (Wildman–Crippen LogP) is 2.03. The fourth-order valence-electron chi connectivity index (χ4n) is 2.06. The molecule has 78 valence electrons. The Hall–Kier alpha value is -1.64. The van der Waals surface area contributed by atoms with Crippen molar-refractivity contribution in [3.05, 3.63) is 29.8 Å². The maximum absolute atomic E-state index is 12.0. The average Bonchev–Trinajstić information content (AvgIpc) is 2.39. The Morgan fingerprint density at radius 1 is 1.40 bits per heavy atom. The van der Waals surface area contributed by atoms with E-state index >= 15 is 0 Å². The van der Waals surface area contributed by atoms with Crippen molar-refractivity contribution in [2.75, 3.05) is 5.32 Å². The van der Waals surface area contributed by atoms with E-state index in [-0.39, 0.29) is 18.0 Å². The van der Waals surface area contributed by atoms with Gasteiger partial charge in [0.2, 0.25) is 0 Å². The summed E-state index contributed by atoms with van der Waals surface area (Å²) in [5.41, 5.74) is 0.753. The lowest BCUT2D eigenvalue weighted by Crippen LogP contribution is -2.39. The smallest absolute Gasteiger partial charge is 0.190 e. The number of anilines is 1. The summed E-state index contributed by atoms with van der Waals surface area (Å²) >= 11 is 0. The van der Waals surface area contributed by atoms with E-state index in [1.165, 1.54) is 6.92 Å². The molecule has 1 aliphatic heterocycles. The highest BCUT2D eigenvalue weighted by Gasteiger charge is 2.41. The molecule has 1 aliphatic rings. The summed E-state index contributed by atoms with van der Waals surface area (Å²) in [5.74, 6) is 0.0273. The number of fused-ring (bicyclic) bond motifs is 1. The molecule has 1 N–H and O–H groups in total. The second-order valence-electron chi connectivity index (χ2n) is 4.21. The zero-order valence-corrected chi connectivity index (χ0v) is 8.83. The maximum atomic E-state index is 12.0. The minimum atomic E-state index is -0.754. The van der Waals surface area contributed by atoms with Crippen LogP contribution in [0.25, 0.3) is 0 Å². The van der Waals surface area contributed by atoms with Gasteiger partial charge in [-0.25, -0.2) is 0 Å². The number of ketones is 2. The first-order valence-corrected chi connectivity index (χ1v) is 4.94. The van der Waals surface area contributed by atoms with Crippen molar-refractivity contribution in [3.63, 3.8) is 0 Å². The Kier molecular flexibility index (Phi) is 2.11. The summed E-state index contributed by atoms with van der Waals surface area (Å²) < 4.78 is 0. The molecule has 1 aromatic rings. The topological polar surface area (TPSA) is 46.2 Å². The van der Waals surface area contributed by atoms with Crippen molar-refractivity contribution in [2.45, 2.75) is 25.8 Å². The summed E-state index contributed by atoms with van der Waals surface area (Å²) in [6.07, 6.45) is 0.237. The number of hydrogen-bond acceptors (Lipinski definition) is 3. The molecule has 1 heterocycles. The van der Waals surface area contributed by atoms with E-state index in [4.69, 9.17) is 0 Å². The van der Waals surface area contributed by atoms with Gasteiger partial charge >= 0.3 is 0 Å². The van der Waals surface area contributed by atoms with Gasteiger partial charge in [0.25, 0.3) is 0 Å². The number of carbonyl (C=O) groups excluding carboxylic acids is 2. The Bertz CT molecular complexity index is 439. The summed E-state index contributed by atoms with van der Waals surface area (Å²) in [4.78, 5) is 23.1. The van der Waals surface area contributed by atoms with Crippen LogP contribution in [0.5, 0.6) is 0 Å². The van der Waals surface area contributed by atoms with Gasteiger partial charge in [-0.2, -0.15) is 0 Å². The van der Waals surface area contributed by atoms with E-state index in [2.05, 4.69) is 5.32 Å². The van der Waals surface area contributed by atoms with Crippen LogP contribution in [0.1, 0.15) is 30.6 Å². The second-order valence-corrected chi connectivity index (χ2v) is 4.21. The lowest BCUT2D eigenvalue weighted by molar-refractivity contribution is -0.117. The average molecular weight is 203 g/mol. The third kappa shape index (κ3) is 1.54. The molecule has 1 atom stereocenters. The van der Waals surface area contributed by atoms with Gasteiger partial charge < -0.3 is 5.32 Å². The standard InChI is InChI=1S/C12H13NO2/c1-8(14)7-12(2)11(15)9-5-3-4-6-10(9)13-12/h3-6,13H,7H2,1-2H3. The van der Waals surface area contributed by atoms with Crippen molar-refractivity contribution >= 4 is 17.3 Å². The molecular weight excluding hydrogens is 190 g/mol. The lowest BCUT2D eigenvalue weighted by Gasteiger charge is -2.21. The number of benzene rings is 1. The molecule has 15 heavy (non-hydrogen) atoms. The SMILES string of the molecule is CC(=O)CC1(C)Nc2ccccc2C1=O. The number of Topliss-reactive ketones (excluding diaryl/α,β-unsaturated/α-hetero) is 2. The number of hydrogen-bond donors (Lipinski definition) is 1. The van der Waals surface area contributed by atoms with Gasteiger partial charge in [-0.05, 0) is 26.0 Å². The second kappa shape index (κ2) is 3.19. The van der Waals surface area contributed by atoms with Gasteiger partial charge in [-0.1, -0.05) is 12.1 Å². The van der Waals surface area contributed by atoms with Gasteiger partial charge in [0, 0.05) is 17.7 Å². The van der Waals surface area contributed by atoms with E-state index in [0.717, 1.165) is 5.69 Å². The normalized spacial score (nSPS) is 23.5. The van der Waals surface area contributed by atoms with Crippen LogP contribution in [0, 0.1) is 0 Å². The van der Waals surface area contributed by atoms with Crippen LogP contribution in [0.3, 0.4) is 0 Å². The number of rotatable bonds is 2. The molecular formula is C12H13NO2. The van der Waals surface area contributed by atoms with Crippen LogP contribution in [0.2, 0.25) is 0 Å². The van der Waals surface area contributed by atoms with Crippen LogP contribution in [-0.2, 0) is 4.79 Å². The minimum Gasteiger partial charge on any atom is -0.372 e. The minimum absolute atomic E-state index is 0.00769. The van der Waals surface area contributed by atoms with E-state index in [0.29, 0.717) is 5.56 Å². The molecule has 2 rings (SSSR count). The molecule has 0 bridgehead atoms. The first-order valence-electron chi connectivity index (χ1n) is 4.94. The number of para-hydroxylation sites is 1. The quantitative estimate of drug-likeness (QED) is 0.800. The summed E-state index contributed by atoms with van der Waals surface area (Å²) in [5, 5.41) is 3.12. The van der Waals surface area contributed by atoms with Gasteiger partial charge in [-0.3, -0.25) is 9.59 Å². The monoisotopic (exact) mass is 203 g/mol. The van der Waals surface area contributed by atoms with E-state index in [1.54, 1.807) is 13.0 Å². The molecule has 0 saturated carbocycles. The molecule has 0 saturated heterocycles. The first-order chi connectivity index (χ1) is 7.03. The molecule has 0 spiro atoms. The number of nitrogens with one attached hydrogen (secondary N) is 1. The summed E-state index contributed by atoms with van der Waals surface area (Å²) in [6.45, 7) is 3.28. The zero-order chi connectivity index (χ0) is 11.1. The van der Waals surface area contributed by atoms with Gasteiger partial charge in [-0.15, -0.1) is 0 Å². The Morgan fingerprint density at radius 3 is 2.67 bits per heavy atom. The van der Waals surface area contributed by atoms with Crippen molar-refractivity contribution in [1.82, 2.24) is 0 Å². The van der Waals surface area contributed by atoms with Crippen LogP contribution < -0.4 is 5.32 Å². The zero-order valence-electron chi connectivity index (χ0n) is 8.83. The highest BCUT2D eigenvalue weighted by atomic mass is 16.1. The molecule has 0 aromatic heterocycles. The van der Waals surface area contributed by atoms with Gasteiger partial charge in [0.05, 0.1) is 0 Å². The molecule has 1 unspecified atom stereocenters. The van der Waals surface area contributed by atoms with Crippen molar-refractivity contribution in [3.8, 4) is 0 Å². The third-order valence-electron chi connectivity index (χ3n) is 2.69. The highest BCUT2D eigenvalue weighted by molar-refractivity contribution is 6.14.